The van der Waals surface area contributed by atoms with Crippen LogP contribution in [0.3, 0.4) is 0 Å². The molecule has 98 valence electrons. The molecule has 18 heavy (non-hydrogen) atoms. The molecular weight excluding hydrogens is 264 g/mol. The minimum atomic E-state index is -4.80. The van der Waals surface area contributed by atoms with E-state index in [-0.39, 0.29) is 15.7 Å². The predicted molar refractivity (Wildman–Crippen MR) is 64.8 cm³/mol. The summed E-state index contributed by atoms with van der Waals surface area (Å²) in [5.41, 5.74) is -4.41. The molecule has 1 aliphatic carbocycles. The first kappa shape index (κ1) is 12.1. The molecule has 5 heteroatoms. The van der Waals surface area contributed by atoms with Gasteiger partial charge in [0.05, 0.1) is 10.4 Å². The molecule has 1 saturated carbocycles. The van der Waals surface area contributed by atoms with Crippen LogP contribution >= 0.6 is 10.4 Å². The summed E-state index contributed by atoms with van der Waals surface area (Å²) in [4.78, 5) is -0.179. The lowest BCUT2D eigenvalue weighted by Crippen LogP contribution is -2.23. The van der Waals surface area contributed by atoms with Gasteiger partial charge in [-0.25, -0.2) is 0 Å². The molecule has 1 unspecified atom stereocenters. The molecule has 1 heterocycles. The Bertz CT molecular complexity index is 516. The van der Waals surface area contributed by atoms with Gasteiger partial charge in [0, 0.05) is 9.80 Å². The van der Waals surface area contributed by atoms with Gasteiger partial charge in [-0.15, -0.1) is 0 Å². The van der Waals surface area contributed by atoms with Gasteiger partial charge in [-0.2, -0.15) is 17.1 Å². The fourth-order valence-corrected chi connectivity index (χ4v) is 4.99. The molecule has 0 bridgehead atoms. The van der Waals surface area contributed by atoms with E-state index < -0.39 is 15.9 Å². The molecule has 0 N–H and O–H groups in total. The second-order valence-electron chi connectivity index (χ2n) is 4.70. The molecular formula is C13H12F4S. The van der Waals surface area contributed by atoms with Crippen molar-refractivity contribution in [3.63, 3.8) is 0 Å². The van der Waals surface area contributed by atoms with Crippen molar-refractivity contribution in [1.29, 1.82) is 0 Å². The highest BCUT2D eigenvalue weighted by atomic mass is 32.3. The van der Waals surface area contributed by atoms with Gasteiger partial charge in [0.1, 0.15) is 0 Å². The second kappa shape index (κ2) is 3.76. The number of allylic oxidation sites excluding steroid dienone is 1. The summed E-state index contributed by atoms with van der Waals surface area (Å²) in [5, 5.41) is 0. The zero-order chi connectivity index (χ0) is 13.0. The van der Waals surface area contributed by atoms with Crippen LogP contribution in [0.15, 0.2) is 34.1 Å². The molecule has 0 nitrogen and oxygen atoms in total. The van der Waals surface area contributed by atoms with Crippen LogP contribution in [0.25, 0.3) is 6.08 Å². The lowest BCUT2D eigenvalue weighted by Gasteiger charge is -2.38. The first-order chi connectivity index (χ1) is 8.44. The summed E-state index contributed by atoms with van der Waals surface area (Å²) in [6.45, 7) is 0. The summed E-state index contributed by atoms with van der Waals surface area (Å²) in [7, 11) is -4.32. The molecule has 0 saturated heterocycles. The van der Waals surface area contributed by atoms with E-state index >= 15 is 0 Å². The van der Waals surface area contributed by atoms with Crippen LogP contribution in [-0.4, -0.2) is 5.51 Å². The highest BCUT2D eigenvalue weighted by molar-refractivity contribution is 8.33. The normalized spacial score (nSPS) is 31.2. The average Bonchev–Trinajstić information content (AvgIpc) is 2.52. The number of hydrogen-bond acceptors (Lipinski definition) is 0. The minimum absolute atomic E-state index is 0.0116. The SMILES string of the molecule is FC(F)(F)S1(F)C(C2CCC2)=Cc2ccccc21. The lowest BCUT2D eigenvalue weighted by molar-refractivity contribution is -0.0416. The Hall–Kier alpha value is -0.970. The van der Waals surface area contributed by atoms with Crippen molar-refractivity contribution in [3.05, 3.63) is 34.7 Å². The van der Waals surface area contributed by atoms with E-state index in [9.17, 15) is 17.1 Å². The highest BCUT2D eigenvalue weighted by Crippen LogP contribution is 2.79. The van der Waals surface area contributed by atoms with Crippen molar-refractivity contribution in [2.75, 3.05) is 0 Å². The van der Waals surface area contributed by atoms with E-state index in [2.05, 4.69) is 0 Å². The summed E-state index contributed by atoms with van der Waals surface area (Å²) < 4.78 is 54.5. The van der Waals surface area contributed by atoms with E-state index in [1.54, 1.807) is 12.1 Å². The van der Waals surface area contributed by atoms with Crippen LogP contribution in [0.4, 0.5) is 17.1 Å². The zero-order valence-corrected chi connectivity index (χ0v) is 10.3. The van der Waals surface area contributed by atoms with Crippen LogP contribution in [0.1, 0.15) is 24.8 Å². The van der Waals surface area contributed by atoms with Crippen molar-refractivity contribution >= 4 is 16.5 Å². The van der Waals surface area contributed by atoms with Crippen molar-refractivity contribution < 1.29 is 17.1 Å². The molecule has 1 aliphatic heterocycles. The molecule has 1 atom stereocenters. The molecule has 1 fully saturated rings. The molecule has 0 spiro atoms. The van der Waals surface area contributed by atoms with E-state index in [0.29, 0.717) is 18.4 Å². The Morgan fingerprint density at radius 3 is 2.33 bits per heavy atom. The van der Waals surface area contributed by atoms with Crippen LogP contribution in [0.5, 0.6) is 0 Å². The van der Waals surface area contributed by atoms with Crippen LogP contribution in [-0.2, 0) is 0 Å². The number of rotatable bonds is 1. The third-order valence-corrected chi connectivity index (χ3v) is 6.39. The third kappa shape index (κ3) is 1.46. The van der Waals surface area contributed by atoms with Gasteiger partial charge in [0.2, 0.25) is 0 Å². The Balaban J connectivity index is 2.16. The third-order valence-electron chi connectivity index (χ3n) is 3.67. The summed E-state index contributed by atoms with van der Waals surface area (Å²) >= 11 is 0. The summed E-state index contributed by atoms with van der Waals surface area (Å²) in [6.07, 6.45) is 3.68. The van der Waals surface area contributed by atoms with E-state index in [1.807, 2.05) is 0 Å². The zero-order valence-electron chi connectivity index (χ0n) is 9.51. The fraction of sp³-hybridized carbons (Fsp3) is 0.385. The first-order valence-corrected chi connectivity index (χ1v) is 7.38. The quantitative estimate of drug-likeness (QED) is 0.602. The number of fused-ring (bicyclic) bond motifs is 1. The van der Waals surface area contributed by atoms with Crippen molar-refractivity contribution in [2.45, 2.75) is 29.7 Å². The number of alkyl halides is 3. The summed E-state index contributed by atoms with van der Waals surface area (Å²) in [6, 6.07) is 5.97. The molecule has 0 aromatic heterocycles. The Morgan fingerprint density at radius 1 is 1.11 bits per heavy atom. The van der Waals surface area contributed by atoms with Crippen molar-refractivity contribution in [3.8, 4) is 0 Å². The predicted octanol–water partition coefficient (Wildman–Crippen LogP) is 5.41. The number of halogens is 4. The Kier molecular flexibility index (Phi) is 2.52. The van der Waals surface area contributed by atoms with Crippen molar-refractivity contribution in [1.82, 2.24) is 0 Å². The van der Waals surface area contributed by atoms with Gasteiger partial charge >= 0.3 is 5.51 Å². The van der Waals surface area contributed by atoms with Gasteiger partial charge in [-0.05, 0) is 36.5 Å². The monoisotopic (exact) mass is 276 g/mol. The molecule has 1 aromatic carbocycles. The minimum Gasteiger partial charge on any atom is -0.172 e. The maximum Gasteiger partial charge on any atom is 0.459 e. The molecule has 2 aliphatic rings. The van der Waals surface area contributed by atoms with E-state index in [1.165, 1.54) is 18.2 Å². The Labute approximate surface area is 104 Å². The van der Waals surface area contributed by atoms with Gasteiger partial charge in [0.15, 0.2) is 0 Å². The first-order valence-electron chi connectivity index (χ1n) is 5.84. The summed E-state index contributed by atoms with van der Waals surface area (Å²) in [5.74, 6) is -0.223. The van der Waals surface area contributed by atoms with Crippen molar-refractivity contribution in [2.24, 2.45) is 5.92 Å². The second-order valence-corrected chi connectivity index (χ2v) is 7.15. The smallest absolute Gasteiger partial charge is 0.172 e. The average molecular weight is 276 g/mol. The van der Waals surface area contributed by atoms with Gasteiger partial charge in [0.25, 0.3) is 0 Å². The topological polar surface area (TPSA) is 0 Å². The van der Waals surface area contributed by atoms with Crippen LogP contribution < -0.4 is 0 Å². The molecule has 3 rings (SSSR count). The van der Waals surface area contributed by atoms with E-state index in [0.717, 1.165) is 6.42 Å². The lowest BCUT2D eigenvalue weighted by atomic mass is 9.85. The van der Waals surface area contributed by atoms with Gasteiger partial charge < -0.3 is 0 Å². The Morgan fingerprint density at radius 2 is 1.78 bits per heavy atom. The largest absolute Gasteiger partial charge is 0.459 e. The van der Waals surface area contributed by atoms with Crippen LogP contribution in [0.2, 0.25) is 0 Å². The molecule has 0 radical (unpaired) electrons. The number of hydrogen-bond donors (Lipinski definition) is 0. The molecule has 0 amide bonds. The van der Waals surface area contributed by atoms with Gasteiger partial charge in [-0.3, -0.25) is 0 Å². The number of benzene rings is 1. The highest BCUT2D eigenvalue weighted by Gasteiger charge is 2.59. The fourth-order valence-electron chi connectivity index (χ4n) is 2.52. The molecule has 1 aromatic rings. The standard InChI is InChI=1S/C13H12F4S/c14-13(15,16)18(17)11-7-2-1-4-10(11)8-12(18)9-5-3-6-9/h1-2,4,7-9H,3,5-6H2. The maximum atomic E-state index is 14.8. The maximum absolute atomic E-state index is 14.8. The van der Waals surface area contributed by atoms with Gasteiger partial charge in [-0.1, -0.05) is 24.6 Å². The van der Waals surface area contributed by atoms with Crippen LogP contribution in [0, 0.1) is 5.92 Å². The van der Waals surface area contributed by atoms with E-state index in [4.69, 9.17) is 0 Å².